The molecule has 128 valence electrons. The maximum absolute atomic E-state index is 12.4. The van der Waals surface area contributed by atoms with Gasteiger partial charge in [-0.2, -0.15) is 0 Å². The molecule has 2 amide bonds. The lowest BCUT2D eigenvalue weighted by Gasteiger charge is -2.25. The average molecular weight is 347 g/mol. The minimum atomic E-state index is -3.72. The summed E-state index contributed by atoms with van der Waals surface area (Å²) in [6, 6.07) is 13.2. The summed E-state index contributed by atoms with van der Waals surface area (Å²) in [5.41, 5.74) is 2.59. The van der Waals surface area contributed by atoms with E-state index in [1.54, 1.807) is 24.1 Å². The number of hydrogen-bond donors (Lipinski definition) is 2. The van der Waals surface area contributed by atoms with Crippen molar-refractivity contribution in [2.45, 2.75) is 24.8 Å². The third kappa shape index (κ3) is 4.33. The van der Waals surface area contributed by atoms with E-state index >= 15 is 0 Å². The van der Waals surface area contributed by atoms with Gasteiger partial charge in [0.2, 0.25) is 10.0 Å². The number of anilines is 1. The van der Waals surface area contributed by atoms with E-state index in [0.29, 0.717) is 0 Å². The molecule has 6 nitrogen and oxygen atoms in total. The highest BCUT2D eigenvalue weighted by atomic mass is 32.2. The van der Waals surface area contributed by atoms with Crippen LogP contribution in [0.5, 0.6) is 0 Å². The number of aryl methyl sites for hydroxylation is 1. The predicted octanol–water partition coefficient (Wildman–Crippen LogP) is 2.87. The van der Waals surface area contributed by atoms with Crippen LogP contribution >= 0.6 is 0 Å². The number of amides is 2. The summed E-state index contributed by atoms with van der Waals surface area (Å²) in [5.74, 6) is 0. The molecule has 0 saturated heterocycles. The molecule has 1 atom stereocenters. The van der Waals surface area contributed by atoms with Gasteiger partial charge in [0.1, 0.15) is 0 Å². The lowest BCUT2D eigenvalue weighted by Crippen LogP contribution is -2.33. The standard InChI is InChI=1S/C17H21N3O3S/c1-12-5-4-6-15(11-12)19-17(21)20(3)13(2)14-7-9-16(10-8-14)24(18,22)23/h4-11,13H,1-3H3,(H,19,21)(H2,18,22,23)/t13-/m0/s1. The Kier molecular flexibility index (Phi) is 5.26. The van der Waals surface area contributed by atoms with Crippen LogP contribution in [0, 0.1) is 6.92 Å². The number of rotatable bonds is 4. The van der Waals surface area contributed by atoms with Gasteiger partial charge < -0.3 is 10.2 Å². The number of sulfonamides is 1. The summed E-state index contributed by atoms with van der Waals surface area (Å²) in [6.45, 7) is 3.82. The molecule has 24 heavy (non-hydrogen) atoms. The quantitative estimate of drug-likeness (QED) is 0.890. The first kappa shape index (κ1) is 18.0. The second kappa shape index (κ2) is 7.02. The summed E-state index contributed by atoms with van der Waals surface area (Å²) in [4.78, 5) is 14.0. The third-order valence-electron chi connectivity index (χ3n) is 3.86. The lowest BCUT2D eigenvalue weighted by molar-refractivity contribution is 0.208. The zero-order valence-electron chi connectivity index (χ0n) is 13.9. The van der Waals surface area contributed by atoms with E-state index in [4.69, 9.17) is 5.14 Å². The molecular formula is C17H21N3O3S. The maximum Gasteiger partial charge on any atom is 0.322 e. The van der Waals surface area contributed by atoms with Gasteiger partial charge in [0.25, 0.3) is 0 Å². The number of nitrogens with zero attached hydrogens (tertiary/aromatic N) is 1. The van der Waals surface area contributed by atoms with E-state index in [2.05, 4.69) is 5.32 Å². The van der Waals surface area contributed by atoms with Crippen molar-refractivity contribution >= 4 is 21.7 Å². The first-order valence-corrected chi connectivity index (χ1v) is 8.96. The maximum atomic E-state index is 12.4. The van der Waals surface area contributed by atoms with E-state index in [-0.39, 0.29) is 17.0 Å². The summed E-state index contributed by atoms with van der Waals surface area (Å²) in [7, 11) is -2.04. The molecule has 3 N–H and O–H groups in total. The van der Waals surface area contributed by atoms with Crippen LogP contribution in [0.2, 0.25) is 0 Å². The summed E-state index contributed by atoms with van der Waals surface area (Å²) < 4.78 is 22.6. The fourth-order valence-corrected chi connectivity index (χ4v) is 2.79. The number of hydrogen-bond acceptors (Lipinski definition) is 3. The van der Waals surface area contributed by atoms with Crippen LogP contribution in [0.3, 0.4) is 0 Å². The van der Waals surface area contributed by atoms with Crippen molar-refractivity contribution in [3.63, 3.8) is 0 Å². The van der Waals surface area contributed by atoms with Crippen LogP contribution in [-0.4, -0.2) is 26.4 Å². The largest absolute Gasteiger partial charge is 0.322 e. The van der Waals surface area contributed by atoms with Gasteiger partial charge in [0, 0.05) is 12.7 Å². The summed E-state index contributed by atoms with van der Waals surface area (Å²) in [6.07, 6.45) is 0. The van der Waals surface area contributed by atoms with Gasteiger partial charge in [0.15, 0.2) is 0 Å². The van der Waals surface area contributed by atoms with Crippen molar-refractivity contribution in [2.24, 2.45) is 5.14 Å². The average Bonchev–Trinajstić information content (AvgIpc) is 2.52. The topological polar surface area (TPSA) is 92.5 Å². The Labute approximate surface area is 142 Å². The molecule has 0 aliphatic carbocycles. The van der Waals surface area contributed by atoms with Crippen LogP contribution in [0.25, 0.3) is 0 Å². The van der Waals surface area contributed by atoms with Crippen molar-refractivity contribution in [3.05, 3.63) is 59.7 Å². The van der Waals surface area contributed by atoms with Crippen LogP contribution in [0.1, 0.15) is 24.1 Å². The predicted molar refractivity (Wildman–Crippen MR) is 94.2 cm³/mol. The SMILES string of the molecule is Cc1cccc(NC(=O)N(C)[C@@H](C)c2ccc(S(N)(=O)=O)cc2)c1. The zero-order valence-corrected chi connectivity index (χ0v) is 14.7. The Bertz CT molecular complexity index is 832. The second-order valence-electron chi connectivity index (χ2n) is 5.70. The fourth-order valence-electron chi connectivity index (χ4n) is 2.27. The smallest absolute Gasteiger partial charge is 0.321 e. The molecule has 0 radical (unpaired) electrons. The molecule has 2 aromatic carbocycles. The van der Waals surface area contributed by atoms with Crippen LogP contribution in [0.4, 0.5) is 10.5 Å². The van der Waals surface area contributed by atoms with Crippen LogP contribution < -0.4 is 10.5 Å². The number of nitrogens with two attached hydrogens (primary N) is 1. The highest BCUT2D eigenvalue weighted by molar-refractivity contribution is 7.89. The Morgan fingerprint density at radius 2 is 1.79 bits per heavy atom. The number of carbonyl (C=O) groups is 1. The van der Waals surface area contributed by atoms with Crippen LogP contribution in [0.15, 0.2) is 53.4 Å². The minimum absolute atomic E-state index is 0.0466. The third-order valence-corrected chi connectivity index (χ3v) is 4.79. The van der Waals surface area contributed by atoms with Gasteiger partial charge in [-0.1, -0.05) is 24.3 Å². The molecule has 0 fully saturated rings. The number of nitrogens with one attached hydrogen (secondary N) is 1. The van der Waals surface area contributed by atoms with Gasteiger partial charge in [0.05, 0.1) is 10.9 Å². The highest BCUT2D eigenvalue weighted by Gasteiger charge is 2.18. The molecule has 7 heteroatoms. The minimum Gasteiger partial charge on any atom is -0.321 e. The summed E-state index contributed by atoms with van der Waals surface area (Å²) in [5, 5.41) is 7.93. The number of urea groups is 1. The van der Waals surface area contributed by atoms with Gasteiger partial charge >= 0.3 is 6.03 Å². The van der Waals surface area contributed by atoms with E-state index in [1.165, 1.54) is 12.1 Å². The van der Waals surface area contributed by atoms with Crippen molar-refractivity contribution in [1.29, 1.82) is 0 Å². The molecule has 0 aliphatic rings. The Morgan fingerprint density at radius 1 is 1.17 bits per heavy atom. The van der Waals surface area contributed by atoms with Crippen molar-refractivity contribution in [3.8, 4) is 0 Å². The highest BCUT2D eigenvalue weighted by Crippen LogP contribution is 2.21. The molecule has 0 aromatic heterocycles. The van der Waals surface area contributed by atoms with E-state index < -0.39 is 10.0 Å². The van der Waals surface area contributed by atoms with E-state index in [9.17, 15) is 13.2 Å². The molecule has 2 aromatic rings. The molecule has 0 unspecified atom stereocenters. The number of benzene rings is 2. The van der Waals surface area contributed by atoms with Crippen molar-refractivity contribution in [1.82, 2.24) is 4.90 Å². The molecule has 0 bridgehead atoms. The Balaban J connectivity index is 2.10. The van der Waals surface area contributed by atoms with Gasteiger partial charge in [-0.05, 0) is 49.2 Å². The molecular weight excluding hydrogens is 326 g/mol. The number of carbonyl (C=O) groups excluding carboxylic acids is 1. The molecule has 2 rings (SSSR count). The first-order chi connectivity index (χ1) is 11.2. The Hall–Kier alpha value is -2.38. The monoisotopic (exact) mass is 347 g/mol. The number of primary sulfonamides is 1. The zero-order chi connectivity index (χ0) is 17.9. The van der Waals surface area contributed by atoms with Crippen molar-refractivity contribution < 1.29 is 13.2 Å². The molecule has 0 spiro atoms. The van der Waals surface area contributed by atoms with Crippen LogP contribution in [-0.2, 0) is 10.0 Å². The van der Waals surface area contributed by atoms with Gasteiger partial charge in [-0.3, -0.25) is 0 Å². The second-order valence-corrected chi connectivity index (χ2v) is 7.26. The normalized spacial score (nSPS) is 12.5. The van der Waals surface area contributed by atoms with Crippen molar-refractivity contribution in [2.75, 3.05) is 12.4 Å². The van der Waals surface area contributed by atoms with Gasteiger partial charge in [-0.25, -0.2) is 18.4 Å². The molecule has 0 heterocycles. The Morgan fingerprint density at radius 3 is 2.33 bits per heavy atom. The summed E-state index contributed by atoms with van der Waals surface area (Å²) >= 11 is 0. The molecule has 0 saturated carbocycles. The molecule has 0 aliphatic heterocycles. The first-order valence-electron chi connectivity index (χ1n) is 7.42. The van der Waals surface area contributed by atoms with E-state index in [1.807, 2.05) is 38.1 Å². The van der Waals surface area contributed by atoms with E-state index in [0.717, 1.165) is 16.8 Å². The fraction of sp³-hybridized carbons (Fsp3) is 0.235. The lowest BCUT2D eigenvalue weighted by atomic mass is 10.1. The van der Waals surface area contributed by atoms with Gasteiger partial charge in [-0.15, -0.1) is 0 Å².